The molecule has 1 atom stereocenters. The van der Waals surface area contributed by atoms with Crippen LogP contribution in [0.15, 0.2) is 0 Å². The van der Waals surface area contributed by atoms with Crippen LogP contribution in [-0.2, 0) is 13.0 Å². The minimum atomic E-state index is -0.0828. The zero-order chi connectivity index (χ0) is 16.1. The summed E-state index contributed by atoms with van der Waals surface area (Å²) in [6.07, 6.45) is 5.17. The molecule has 1 fully saturated rings. The third-order valence-corrected chi connectivity index (χ3v) is 4.89. The van der Waals surface area contributed by atoms with Crippen molar-refractivity contribution in [3.63, 3.8) is 0 Å². The molecule has 7 heteroatoms. The van der Waals surface area contributed by atoms with Crippen LogP contribution in [0.4, 0.5) is 0 Å². The van der Waals surface area contributed by atoms with Crippen molar-refractivity contribution in [2.24, 2.45) is 0 Å². The molecule has 1 aromatic rings. The van der Waals surface area contributed by atoms with Crippen molar-refractivity contribution in [3.8, 4) is 0 Å². The summed E-state index contributed by atoms with van der Waals surface area (Å²) >= 11 is 0. The molecule has 0 bridgehead atoms. The molecule has 128 valence electrons. The summed E-state index contributed by atoms with van der Waals surface area (Å²) < 4.78 is 0. The van der Waals surface area contributed by atoms with Crippen LogP contribution in [0.2, 0.25) is 0 Å². The number of nitrogens with one attached hydrogen (secondary N) is 3. The molecule has 3 rings (SSSR count). The van der Waals surface area contributed by atoms with E-state index >= 15 is 0 Å². The third-order valence-electron chi connectivity index (χ3n) is 4.89. The van der Waals surface area contributed by atoms with Gasteiger partial charge in [0.05, 0.1) is 6.61 Å². The highest BCUT2D eigenvalue weighted by molar-refractivity contribution is 5.94. The smallest absolute Gasteiger partial charge is 0.272 e. The zero-order valence-corrected chi connectivity index (χ0v) is 13.6. The van der Waals surface area contributed by atoms with Gasteiger partial charge in [-0.1, -0.05) is 0 Å². The highest BCUT2D eigenvalue weighted by Crippen LogP contribution is 2.17. The average molecular weight is 321 g/mol. The molecule has 1 aromatic heterocycles. The first-order valence-electron chi connectivity index (χ1n) is 8.69. The fourth-order valence-electron chi connectivity index (χ4n) is 3.53. The highest BCUT2D eigenvalue weighted by Gasteiger charge is 2.23. The van der Waals surface area contributed by atoms with Crippen LogP contribution in [0, 0.1) is 0 Å². The summed E-state index contributed by atoms with van der Waals surface area (Å²) in [5, 5.41) is 22.7. The third kappa shape index (κ3) is 3.91. The lowest BCUT2D eigenvalue weighted by Crippen LogP contribution is -2.33. The second-order valence-corrected chi connectivity index (χ2v) is 6.43. The van der Waals surface area contributed by atoms with Gasteiger partial charge in [0.25, 0.3) is 5.91 Å². The molecule has 1 saturated heterocycles. The van der Waals surface area contributed by atoms with Crippen LogP contribution in [0.25, 0.3) is 0 Å². The maximum Gasteiger partial charge on any atom is 0.272 e. The number of likely N-dealkylation sites (tertiary alicyclic amines) is 1. The Labute approximate surface area is 136 Å². The number of carbonyl (C=O) groups excluding carboxylic acids is 1. The van der Waals surface area contributed by atoms with E-state index in [9.17, 15) is 9.90 Å². The number of amides is 1. The van der Waals surface area contributed by atoms with E-state index in [4.69, 9.17) is 0 Å². The van der Waals surface area contributed by atoms with Gasteiger partial charge in [0.1, 0.15) is 0 Å². The molecule has 1 amide bonds. The van der Waals surface area contributed by atoms with Gasteiger partial charge in [-0.2, -0.15) is 5.10 Å². The minimum absolute atomic E-state index is 0.0828. The van der Waals surface area contributed by atoms with Crippen molar-refractivity contribution < 1.29 is 9.90 Å². The summed E-state index contributed by atoms with van der Waals surface area (Å²) in [7, 11) is 0. The molecule has 0 spiro atoms. The lowest BCUT2D eigenvalue weighted by Gasteiger charge is -2.22. The maximum absolute atomic E-state index is 12.2. The molecule has 0 saturated carbocycles. The van der Waals surface area contributed by atoms with Crippen molar-refractivity contribution in [2.45, 2.75) is 44.7 Å². The van der Waals surface area contributed by atoms with Gasteiger partial charge in [0, 0.05) is 43.4 Å². The molecule has 3 heterocycles. The number of H-pyrrole nitrogens is 1. The predicted molar refractivity (Wildman–Crippen MR) is 87.2 cm³/mol. The van der Waals surface area contributed by atoms with E-state index in [0.29, 0.717) is 24.8 Å². The van der Waals surface area contributed by atoms with Crippen LogP contribution >= 0.6 is 0 Å². The summed E-state index contributed by atoms with van der Waals surface area (Å²) in [5.74, 6) is -0.0828. The van der Waals surface area contributed by atoms with Gasteiger partial charge in [-0.05, 0) is 38.8 Å². The Bertz CT molecular complexity index is 531. The molecule has 4 N–H and O–H groups in total. The van der Waals surface area contributed by atoms with Crippen LogP contribution < -0.4 is 10.6 Å². The normalized spacial score (nSPS) is 21.3. The SMILES string of the molecule is O=C(NCCCCN1CCCC1CO)c1n[nH]c2c1CNCC2. The fraction of sp³-hybridized carbons (Fsp3) is 0.750. The van der Waals surface area contributed by atoms with Gasteiger partial charge >= 0.3 is 0 Å². The van der Waals surface area contributed by atoms with E-state index in [1.807, 2.05) is 0 Å². The number of rotatable bonds is 7. The quantitative estimate of drug-likeness (QED) is 0.531. The number of fused-ring (bicyclic) bond motifs is 1. The van der Waals surface area contributed by atoms with Gasteiger partial charge < -0.3 is 15.7 Å². The number of aliphatic hydroxyl groups excluding tert-OH is 1. The molecule has 1 unspecified atom stereocenters. The molecule has 23 heavy (non-hydrogen) atoms. The molecular formula is C16H27N5O2. The predicted octanol–water partition coefficient (Wildman–Crippen LogP) is 0.0221. The highest BCUT2D eigenvalue weighted by atomic mass is 16.3. The molecule has 2 aliphatic heterocycles. The Morgan fingerprint density at radius 3 is 3.22 bits per heavy atom. The second-order valence-electron chi connectivity index (χ2n) is 6.43. The first kappa shape index (κ1) is 16.4. The monoisotopic (exact) mass is 321 g/mol. The van der Waals surface area contributed by atoms with E-state index < -0.39 is 0 Å². The number of aromatic nitrogens is 2. The van der Waals surface area contributed by atoms with Gasteiger partial charge in [-0.25, -0.2) is 0 Å². The Balaban J connectivity index is 1.37. The van der Waals surface area contributed by atoms with Gasteiger partial charge in [-0.15, -0.1) is 0 Å². The molecule has 7 nitrogen and oxygen atoms in total. The maximum atomic E-state index is 12.2. The van der Waals surface area contributed by atoms with E-state index in [-0.39, 0.29) is 12.5 Å². The van der Waals surface area contributed by atoms with Crippen LogP contribution in [-0.4, -0.2) is 64.9 Å². The molecule has 0 aliphatic carbocycles. The van der Waals surface area contributed by atoms with Crippen molar-refractivity contribution in [1.82, 2.24) is 25.7 Å². The molecule has 0 radical (unpaired) electrons. The van der Waals surface area contributed by atoms with Gasteiger partial charge in [0.15, 0.2) is 5.69 Å². The number of aromatic amines is 1. The second kappa shape index (κ2) is 7.90. The van der Waals surface area contributed by atoms with E-state index in [1.54, 1.807) is 0 Å². The van der Waals surface area contributed by atoms with E-state index in [1.165, 1.54) is 6.42 Å². The van der Waals surface area contributed by atoms with Crippen molar-refractivity contribution in [3.05, 3.63) is 17.0 Å². The lowest BCUT2D eigenvalue weighted by molar-refractivity contribution is 0.0946. The fourth-order valence-corrected chi connectivity index (χ4v) is 3.53. The first-order valence-corrected chi connectivity index (χ1v) is 8.69. The number of unbranched alkanes of at least 4 members (excludes halogenated alkanes) is 1. The summed E-state index contributed by atoms with van der Waals surface area (Å²) in [6.45, 7) is 4.67. The number of hydrogen-bond acceptors (Lipinski definition) is 5. The lowest BCUT2D eigenvalue weighted by atomic mass is 10.1. The number of carbonyl (C=O) groups is 1. The Kier molecular flexibility index (Phi) is 5.64. The standard InChI is InChI=1S/C16H27N5O2/c22-11-12-4-3-9-21(12)8-2-1-6-18-16(23)15-13-10-17-7-5-14(13)19-20-15/h12,17,22H,1-11H2,(H,18,23)(H,19,20). The van der Waals surface area contributed by atoms with E-state index in [2.05, 4.69) is 25.7 Å². The Hall–Kier alpha value is -1.44. The molecule has 0 aromatic carbocycles. The Morgan fingerprint density at radius 1 is 1.43 bits per heavy atom. The van der Waals surface area contributed by atoms with Crippen molar-refractivity contribution >= 4 is 5.91 Å². The molecular weight excluding hydrogens is 294 g/mol. The van der Waals surface area contributed by atoms with Crippen LogP contribution in [0.5, 0.6) is 0 Å². The molecule has 2 aliphatic rings. The Morgan fingerprint density at radius 2 is 2.35 bits per heavy atom. The summed E-state index contributed by atoms with van der Waals surface area (Å²) in [6, 6.07) is 0.340. The van der Waals surface area contributed by atoms with Crippen molar-refractivity contribution in [1.29, 1.82) is 0 Å². The van der Waals surface area contributed by atoms with Gasteiger partial charge in [0.2, 0.25) is 0 Å². The van der Waals surface area contributed by atoms with Gasteiger partial charge in [-0.3, -0.25) is 14.8 Å². The summed E-state index contributed by atoms with van der Waals surface area (Å²) in [4.78, 5) is 14.6. The zero-order valence-electron chi connectivity index (χ0n) is 13.6. The first-order chi connectivity index (χ1) is 11.3. The minimum Gasteiger partial charge on any atom is -0.395 e. The summed E-state index contributed by atoms with van der Waals surface area (Å²) in [5.41, 5.74) is 2.63. The number of nitrogens with zero attached hydrogens (tertiary/aromatic N) is 2. The van der Waals surface area contributed by atoms with E-state index in [0.717, 1.165) is 56.6 Å². The van der Waals surface area contributed by atoms with Crippen molar-refractivity contribution in [2.75, 3.05) is 32.8 Å². The van der Waals surface area contributed by atoms with Crippen LogP contribution in [0.3, 0.4) is 0 Å². The van der Waals surface area contributed by atoms with Crippen LogP contribution in [0.1, 0.15) is 47.4 Å². The number of aliphatic hydroxyl groups is 1. The topological polar surface area (TPSA) is 93.3 Å². The largest absolute Gasteiger partial charge is 0.395 e. The average Bonchev–Trinajstić information content (AvgIpc) is 3.20. The number of hydrogen-bond donors (Lipinski definition) is 4.